The van der Waals surface area contributed by atoms with Gasteiger partial charge in [0.2, 0.25) is 5.91 Å². The van der Waals surface area contributed by atoms with Crippen LogP contribution in [-0.4, -0.2) is 49.8 Å². The van der Waals surface area contributed by atoms with E-state index >= 15 is 0 Å². The lowest BCUT2D eigenvalue weighted by atomic mass is 9.96. The minimum absolute atomic E-state index is 0.0612. The molecule has 2 heterocycles. The number of likely N-dealkylation sites (N-methyl/N-ethyl adjacent to an activating group) is 1. The summed E-state index contributed by atoms with van der Waals surface area (Å²) in [5, 5.41) is 0.660. The predicted molar refractivity (Wildman–Crippen MR) is 170 cm³/mol. The van der Waals surface area contributed by atoms with Crippen molar-refractivity contribution < 1.29 is 9.53 Å². The Morgan fingerprint density at radius 3 is 2.38 bits per heavy atom. The molecule has 5 nitrogen and oxygen atoms in total. The smallest absolute Gasteiger partial charge is 0.248 e. The summed E-state index contributed by atoms with van der Waals surface area (Å²) >= 11 is 6.23. The molecule has 1 amide bonds. The van der Waals surface area contributed by atoms with Gasteiger partial charge in [-0.1, -0.05) is 96.5 Å². The van der Waals surface area contributed by atoms with Gasteiger partial charge < -0.3 is 9.64 Å². The SMILES string of the molecule is CN1CCOC(c2ccccc2)c2ccccc2C1.O=C1CN=C(c2ccccc2)c2cc(Cl)ccc2N1CC1CC1. The minimum Gasteiger partial charge on any atom is -0.367 e. The van der Waals surface area contributed by atoms with Gasteiger partial charge in [0.05, 0.1) is 18.0 Å². The third-order valence-electron chi connectivity index (χ3n) is 8.00. The van der Waals surface area contributed by atoms with E-state index in [1.165, 1.54) is 29.5 Å². The summed E-state index contributed by atoms with van der Waals surface area (Å²) in [4.78, 5) is 21.4. The van der Waals surface area contributed by atoms with Crippen molar-refractivity contribution in [1.82, 2.24) is 4.90 Å². The predicted octanol–water partition coefficient (Wildman–Crippen LogP) is 7.17. The summed E-state index contributed by atoms with van der Waals surface area (Å²) in [6, 6.07) is 34.8. The number of fused-ring (bicyclic) bond motifs is 2. The van der Waals surface area contributed by atoms with E-state index in [4.69, 9.17) is 16.3 Å². The van der Waals surface area contributed by atoms with E-state index in [0.29, 0.717) is 10.9 Å². The normalized spacial score (nSPS) is 18.8. The zero-order valence-corrected chi connectivity index (χ0v) is 24.7. The van der Waals surface area contributed by atoms with Crippen molar-refractivity contribution in [3.63, 3.8) is 0 Å². The number of benzene rings is 4. The van der Waals surface area contributed by atoms with E-state index in [1.54, 1.807) is 0 Å². The van der Waals surface area contributed by atoms with Gasteiger partial charge in [-0.25, -0.2) is 0 Å². The fourth-order valence-electron chi connectivity index (χ4n) is 5.61. The number of hydrogen-bond acceptors (Lipinski definition) is 4. The molecule has 0 saturated heterocycles. The molecule has 1 atom stereocenters. The van der Waals surface area contributed by atoms with Gasteiger partial charge in [-0.05, 0) is 60.7 Å². The minimum atomic E-state index is 0.0612. The Morgan fingerprint density at radius 1 is 0.905 bits per heavy atom. The van der Waals surface area contributed by atoms with Crippen molar-refractivity contribution in [3.05, 3.63) is 136 Å². The highest BCUT2D eigenvalue weighted by Gasteiger charge is 2.31. The number of benzodiazepines with no additional fused rings is 1. The van der Waals surface area contributed by atoms with Gasteiger partial charge in [-0.15, -0.1) is 0 Å². The third-order valence-corrected chi connectivity index (χ3v) is 8.24. The molecule has 1 unspecified atom stereocenters. The standard InChI is InChI=1S/C19H17ClN2O.C17H19NO/c20-15-8-9-17-16(10-15)19(14-4-2-1-3-5-14)21-11-18(23)22(17)12-13-6-7-13;1-18-11-12-19-17(14-7-3-2-4-8-14)16-10-6-5-9-15(16)13-18/h1-5,8-10,13H,6-7,11-12H2;2-10,17H,11-13H2,1H3. The molecular weight excluding hydrogens is 542 g/mol. The Hall–Kier alpha value is -3.77. The highest BCUT2D eigenvalue weighted by molar-refractivity contribution is 6.32. The van der Waals surface area contributed by atoms with Gasteiger partial charge in [-0.3, -0.25) is 14.7 Å². The van der Waals surface area contributed by atoms with Crippen molar-refractivity contribution in [2.45, 2.75) is 25.5 Å². The number of amides is 1. The van der Waals surface area contributed by atoms with E-state index < -0.39 is 0 Å². The number of nitrogens with zero attached hydrogens (tertiary/aromatic N) is 3. The molecular formula is C36H36ClN3O2. The van der Waals surface area contributed by atoms with Crippen LogP contribution in [-0.2, 0) is 16.1 Å². The summed E-state index contributed by atoms with van der Waals surface area (Å²) in [5.41, 5.74) is 7.60. The quantitative estimate of drug-likeness (QED) is 0.258. The second-order valence-corrected chi connectivity index (χ2v) is 11.7. The second-order valence-electron chi connectivity index (χ2n) is 11.2. The number of ether oxygens (including phenoxy) is 1. The Balaban J connectivity index is 0.000000153. The number of hydrogen-bond donors (Lipinski definition) is 0. The van der Waals surface area contributed by atoms with E-state index in [-0.39, 0.29) is 18.6 Å². The molecule has 6 heteroatoms. The average molecular weight is 578 g/mol. The Bertz CT molecular complexity index is 1550. The zero-order valence-electron chi connectivity index (χ0n) is 24.0. The summed E-state index contributed by atoms with van der Waals surface area (Å²) in [7, 11) is 2.14. The Morgan fingerprint density at radius 2 is 1.62 bits per heavy atom. The van der Waals surface area contributed by atoms with Crippen molar-refractivity contribution >= 4 is 28.9 Å². The monoisotopic (exact) mass is 577 g/mol. The van der Waals surface area contributed by atoms with Crippen LogP contribution in [0.1, 0.15) is 46.8 Å². The molecule has 4 aromatic carbocycles. The van der Waals surface area contributed by atoms with Crippen molar-refractivity contribution in [1.29, 1.82) is 0 Å². The Labute approximate surface area is 253 Å². The number of rotatable bonds is 4. The van der Waals surface area contributed by atoms with E-state index in [0.717, 1.165) is 48.8 Å². The van der Waals surface area contributed by atoms with Crippen LogP contribution in [0, 0.1) is 5.92 Å². The van der Waals surface area contributed by atoms with Gasteiger partial charge in [0.25, 0.3) is 0 Å². The lowest BCUT2D eigenvalue weighted by molar-refractivity contribution is -0.117. The van der Waals surface area contributed by atoms with E-state index in [1.807, 2.05) is 59.5 Å². The van der Waals surface area contributed by atoms with Crippen LogP contribution in [0.3, 0.4) is 0 Å². The molecule has 0 radical (unpaired) electrons. The molecule has 2 aliphatic heterocycles. The highest BCUT2D eigenvalue weighted by atomic mass is 35.5. The number of halogens is 1. The zero-order chi connectivity index (χ0) is 28.9. The van der Waals surface area contributed by atoms with Gasteiger partial charge in [0.15, 0.2) is 0 Å². The summed E-state index contributed by atoms with van der Waals surface area (Å²) in [6.07, 6.45) is 2.48. The number of carbonyl (C=O) groups excluding carboxylic acids is 1. The van der Waals surface area contributed by atoms with Crippen LogP contribution in [0.4, 0.5) is 5.69 Å². The molecule has 0 bridgehead atoms. The molecule has 214 valence electrons. The van der Waals surface area contributed by atoms with E-state index in [2.05, 4.69) is 65.5 Å². The number of anilines is 1. The first-order valence-corrected chi connectivity index (χ1v) is 15.1. The van der Waals surface area contributed by atoms with Crippen LogP contribution in [0.25, 0.3) is 0 Å². The van der Waals surface area contributed by atoms with Gasteiger partial charge in [0.1, 0.15) is 12.6 Å². The fraction of sp³-hybridized carbons (Fsp3) is 0.278. The lowest BCUT2D eigenvalue weighted by Gasteiger charge is -2.28. The average Bonchev–Trinajstić information content (AvgIpc) is 3.85. The molecule has 42 heavy (non-hydrogen) atoms. The number of aliphatic imine (C=N–C) groups is 1. The number of carbonyl (C=O) groups is 1. The highest BCUT2D eigenvalue weighted by Crippen LogP contribution is 2.35. The molecule has 3 aliphatic rings. The molecule has 0 spiro atoms. The van der Waals surface area contributed by atoms with Crippen LogP contribution in [0.15, 0.2) is 108 Å². The van der Waals surface area contributed by atoms with Crippen molar-refractivity contribution in [3.8, 4) is 0 Å². The van der Waals surface area contributed by atoms with Crippen LogP contribution < -0.4 is 4.90 Å². The van der Waals surface area contributed by atoms with E-state index in [9.17, 15) is 4.79 Å². The molecule has 1 aliphatic carbocycles. The summed E-state index contributed by atoms with van der Waals surface area (Å²) in [6.45, 7) is 3.69. The first-order valence-electron chi connectivity index (χ1n) is 14.7. The summed E-state index contributed by atoms with van der Waals surface area (Å²) in [5.74, 6) is 0.687. The maximum absolute atomic E-state index is 12.6. The van der Waals surface area contributed by atoms with Crippen LogP contribution in [0.5, 0.6) is 0 Å². The first-order chi connectivity index (χ1) is 20.6. The molecule has 1 fully saturated rings. The molecule has 7 rings (SSSR count). The summed E-state index contributed by atoms with van der Waals surface area (Å²) < 4.78 is 6.12. The largest absolute Gasteiger partial charge is 0.367 e. The van der Waals surface area contributed by atoms with Crippen molar-refractivity contribution in [2.75, 3.05) is 38.2 Å². The maximum Gasteiger partial charge on any atom is 0.248 e. The van der Waals surface area contributed by atoms with Gasteiger partial charge in [-0.2, -0.15) is 0 Å². The second kappa shape index (κ2) is 13.0. The maximum atomic E-state index is 12.6. The molecule has 0 N–H and O–H groups in total. The third kappa shape index (κ3) is 6.65. The topological polar surface area (TPSA) is 45.1 Å². The van der Waals surface area contributed by atoms with Gasteiger partial charge >= 0.3 is 0 Å². The van der Waals surface area contributed by atoms with Crippen LogP contribution >= 0.6 is 11.6 Å². The van der Waals surface area contributed by atoms with Gasteiger partial charge in [0, 0.05) is 35.8 Å². The first kappa shape index (κ1) is 28.4. The molecule has 4 aromatic rings. The molecule has 0 aromatic heterocycles. The van der Waals surface area contributed by atoms with Crippen LogP contribution in [0.2, 0.25) is 5.02 Å². The fourth-order valence-corrected chi connectivity index (χ4v) is 5.78. The Kier molecular flexibility index (Phi) is 8.80. The lowest BCUT2D eigenvalue weighted by Crippen LogP contribution is -2.34. The van der Waals surface area contributed by atoms with Crippen molar-refractivity contribution in [2.24, 2.45) is 10.9 Å². The molecule has 1 saturated carbocycles.